The fourth-order valence-electron chi connectivity index (χ4n) is 5.41. The van der Waals surface area contributed by atoms with E-state index in [0.29, 0.717) is 0 Å². The minimum absolute atomic E-state index is 0.0979. The van der Waals surface area contributed by atoms with Gasteiger partial charge < -0.3 is 14.4 Å². The molecule has 0 aliphatic carbocycles. The Balaban J connectivity index is 1.31. The van der Waals surface area contributed by atoms with Gasteiger partial charge in [0.15, 0.2) is 0 Å². The molecule has 1 aliphatic rings. The first-order chi connectivity index (χ1) is 19.6. The van der Waals surface area contributed by atoms with Crippen molar-refractivity contribution in [3.8, 4) is 33.8 Å². The van der Waals surface area contributed by atoms with E-state index in [0.717, 1.165) is 39.6 Å². The zero-order valence-electron chi connectivity index (χ0n) is 23.0. The minimum atomic E-state index is -0.0979. The molecule has 1 aliphatic heterocycles. The van der Waals surface area contributed by atoms with Crippen LogP contribution in [0.25, 0.3) is 22.3 Å². The Labute approximate surface area is 236 Å². The van der Waals surface area contributed by atoms with Crippen LogP contribution in [0.4, 0.5) is 5.69 Å². The van der Waals surface area contributed by atoms with Crippen molar-refractivity contribution in [3.63, 3.8) is 0 Å². The Morgan fingerprint density at radius 1 is 0.525 bits per heavy atom. The summed E-state index contributed by atoms with van der Waals surface area (Å²) in [5.74, 6) is 1.72. The van der Waals surface area contributed by atoms with Crippen LogP contribution < -0.4 is 14.4 Å². The molecule has 1 heterocycles. The highest BCUT2D eigenvalue weighted by Crippen LogP contribution is 2.38. The Bertz CT molecular complexity index is 1590. The minimum Gasteiger partial charge on any atom is -0.497 e. The number of aliphatic imine (C=N–C) groups is 1. The maximum absolute atomic E-state index is 5.32. The topological polar surface area (TPSA) is 34.1 Å². The van der Waals surface area contributed by atoms with Crippen molar-refractivity contribution in [1.82, 2.24) is 0 Å². The maximum atomic E-state index is 5.32. The lowest BCUT2D eigenvalue weighted by atomic mass is 9.99. The van der Waals surface area contributed by atoms with Gasteiger partial charge in [-0.05, 0) is 76.7 Å². The van der Waals surface area contributed by atoms with Gasteiger partial charge in [-0.25, -0.2) is 0 Å². The lowest BCUT2D eigenvalue weighted by Crippen LogP contribution is -2.35. The number of methoxy groups -OCH3 is 2. The van der Waals surface area contributed by atoms with Crippen LogP contribution in [0.3, 0.4) is 0 Å². The third-order valence-electron chi connectivity index (χ3n) is 7.63. The van der Waals surface area contributed by atoms with Crippen LogP contribution in [-0.4, -0.2) is 26.0 Å². The Kier molecular flexibility index (Phi) is 7.07. The lowest BCUT2D eigenvalue weighted by molar-refractivity contribution is 0.415. The smallest absolute Gasteiger partial charge is 0.148 e. The van der Waals surface area contributed by atoms with Crippen LogP contribution in [0, 0.1) is 0 Å². The predicted octanol–water partition coefficient (Wildman–Crippen LogP) is 8.43. The summed E-state index contributed by atoms with van der Waals surface area (Å²) >= 11 is 0. The second-order valence-electron chi connectivity index (χ2n) is 9.96. The number of nitrogens with zero attached hydrogens (tertiary/aromatic N) is 2. The van der Waals surface area contributed by atoms with Gasteiger partial charge >= 0.3 is 0 Å². The standard InChI is InChI=1S/C36H32N2O2/c1-25-35(30-11-9-26(10-12-30)28-15-21-33(39-2)22-16-28)37-36(31-7-5-4-6-8-31)38(25)32-19-13-27(14-20-32)29-17-23-34(40-3)24-18-29/h4-25,36H,1-3H3. The van der Waals surface area contributed by atoms with E-state index in [9.17, 15) is 0 Å². The molecule has 0 aromatic heterocycles. The number of rotatable bonds is 7. The number of hydrogen-bond donors (Lipinski definition) is 0. The Hall–Kier alpha value is -4.83. The van der Waals surface area contributed by atoms with Crippen molar-refractivity contribution in [2.45, 2.75) is 19.1 Å². The number of hydrogen-bond acceptors (Lipinski definition) is 4. The number of benzene rings is 5. The second-order valence-corrected chi connectivity index (χ2v) is 9.96. The molecule has 5 aromatic rings. The van der Waals surface area contributed by atoms with Gasteiger partial charge in [0, 0.05) is 5.69 Å². The van der Waals surface area contributed by atoms with Crippen molar-refractivity contribution < 1.29 is 9.47 Å². The average molecular weight is 525 g/mol. The van der Waals surface area contributed by atoms with E-state index in [2.05, 4.69) is 115 Å². The first kappa shape index (κ1) is 25.4. The highest BCUT2D eigenvalue weighted by Gasteiger charge is 2.35. The zero-order chi connectivity index (χ0) is 27.5. The molecule has 6 rings (SSSR count). The summed E-state index contributed by atoms with van der Waals surface area (Å²) in [5.41, 5.74) is 9.22. The van der Waals surface area contributed by atoms with Crippen molar-refractivity contribution >= 4 is 11.4 Å². The van der Waals surface area contributed by atoms with Gasteiger partial charge in [0.1, 0.15) is 17.7 Å². The fraction of sp³-hybridized carbons (Fsp3) is 0.139. The Morgan fingerprint density at radius 3 is 1.43 bits per heavy atom. The molecule has 0 amide bonds. The zero-order valence-corrected chi connectivity index (χ0v) is 23.0. The lowest BCUT2D eigenvalue weighted by Gasteiger charge is -2.30. The van der Waals surface area contributed by atoms with Gasteiger partial charge in [-0.3, -0.25) is 4.99 Å². The third-order valence-corrected chi connectivity index (χ3v) is 7.63. The molecule has 198 valence electrons. The molecule has 0 N–H and O–H groups in total. The van der Waals surface area contributed by atoms with Crippen molar-refractivity contribution in [2.75, 3.05) is 19.1 Å². The molecule has 5 aromatic carbocycles. The van der Waals surface area contributed by atoms with Gasteiger partial charge in [0.2, 0.25) is 0 Å². The van der Waals surface area contributed by atoms with Crippen molar-refractivity contribution in [3.05, 3.63) is 139 Å². The molecule has 2 atom stereocenters. The highest BCUT2D eigenvalue weighted by molar-refractivity contribution is 6.08. The monoisotopic (exact) mass is 524 g/mol. The summed E-state index contributed by atoms with van der Waals surface area (Å²) in [7, 11) is 3.38. The molecule has 0 saturated heterocycles. The molecular weight excluding hydrogens is 492 g/mol. The summed E-state index contributed by atoms with van der Waals surface area (Å²) < 4.78 is 10.6. The average Bonchev–Trinajstić information content (AvgIpc) is 3.38. The van der Waals surface area contributed by atoms with Gasteiger partial charge in [-0.15, -0.1) is 0 Å². The van der Waals surface area contributed by atoms with Crippen LogP contribution in [0.2, 0.25) is 0 Å². The van der Waals surface area contributed by atoms with Gasteiger partial charge in [0.05, 0.1) is 26.0 Å². The normalized spacial score (nSPS) is 16.5. The van der Waals surface area contributed by atoms with Crippen LogP contribution in [0.15, 0.2) is 132 Å². The second kappa shape index (κ2) is 11.1. The van der Waals surface area contributed by atoms with E-state index in [1.54, 1.807) is 14.2 Å². The fourth-order valence-corrected chi connectivity index (χ4v) is 5.41. The van der Waals surface area contributed by atoms with Crippen molar-refractivity contribution in [1.29, 1.82) is 0 Å². The SMILES string of the molecule is COc1ccc(-c2ccc(C3=NC(c4ccccc4)N(c4ccc(-c5ccc(OC)cc5)cc4)C3C)cc2)cc1. The van der Waals surface area contributed by atoms with Gasteiger partial charge in [-0.2, -0.15) is 0 Å². The molecule has 40 heavy (non-hydrogen) atoms. The number of anilines is 1. The third kappa shape index (κ3) is 4.96. The van der Waals surface area contributed by atoms with E-state index < -0.39 is 0 Å². The summed E-state index contributed by atoms with van der Waals surface area (Å²) in [6, 6.07) is 44.5. The van der Waals surface area contributed by atoms with E-state index in [4.69, 9.17) is 14.5 Å². The van der Waals surface area contributed by atoms with Crippen LogP contribution in [-0.2, 0) is 0 Å². The highest BCUT2D eigenvalue weighted by atomic mass is 16.5. The van der Waals surface area contributed by atoms with Crippen LogP contribution >= 0.6 is 0 Å². The molecule has 0 radical (unpaired) electrons. The molecule has 4 heteroatoms. The number of ether oxygens (including phenoxy) is 2. The maximum Gasteiger partial charge on any atom is 0.148 e. The largest absolute Gasteiger partial charge is 0.497 e. The van der Waals surface area contributed by atoms with E-state index in [1.807, 2.05) is 24.3 Å². The molecule has 0 bridgehead atoms. The van der Waals surface area contributed by atoms with Gasteiger partial charge in [0.25, 0.3) is 0 Å². The first-order valence-corrected chi connectivity index (χ1v) is 13.5. The van der Waals surface area contributed by atoms with E-state index in [-0.39, 0.29) is 12.2 Å². The predicted molar refractivity (Wildman–Crippen MR) is 165 cm³/mol. The molecule has 0 spiro atoms. The molecule has 2 unspecified atom stereocenters. The summed E-state index contributed by atoms with van der Waals surface area (Å²) in [6.07, 6.45) is -0.0979. The van der Waals surface area contributed by atoms with E-state index in [1.165, 1.54) is 16.7 Å². The molecule has 0 fully saturated rings. The summed E-state index contributed by atoms with van der Waals surface area (Å²) in [5, 5.41) is 0. The molecular formula is C36H32N2O2. The molecule has 4 nitrogen and oxygen atoms in total. The summed E-state index contributed by atoms with van der Waals surface area (Å²) in [4.78, 5) is 7.72. The van der Waals surface area contributed by atoms with Gasteiger partial charge in [-0.1, -0.05) is 91.0 Å². The van der Waals surface area contributed by atoms with Crippen LogP contribution in [0.1, 0.15) is 24.2 Å². The first-order valence-electron chi connectivity index (χ1n) is 13.5. The molecule has 0 saturated carbocycles. The van der Waals surface area contributed by atoms with Crippen molar-refractivity contribution in [2.24, 2.45) is 4.99 Å². The van der Waals surface area contributed by atoms with E-state index >= 15 is 0 Å². The van der Waals surface area contributed by atoms with Crippen LogP contribution in [0.5, 0.6) is 11.5 Å². The Morgan fingerprint density at radius 2 is 0.950 bits per heavy atom. The quantitative estimate of drug-likeness (QED) is 0.214. The summed E-state index contributed by atoms with van der Waals surface area (Å²) in [6.45, 7) is 2.25.